The van der Waals surface area contributed by atoms with Gasteiger partial charge in [0.15, 0.2) is 0 Å². The van der Waals surface area contributed by atoms with Crippen molar-refractivity contribution in [1.29, 1.82) is 5.26 Å². The summed E-state index contributed by atoms with van der Waals surface area (Å²) in [5.74, 6) is 0. The molecule has 1 atom stereocenters. The highest BCUT2D eigenvalue weighted by Gasteiger charge is 2.27. The molecule has 0 saturated carbocycles. The van der Waals surface area contributed by atoms with Crippen LogP contribution < -0.4 is 0 Å². The molecule has 0 aliphatic heterocycles. The van der Waals surface area contributed by atoms with Crippen molar-refractivity contribution < 1.29 is 0 Å². The minimum absolute atomic E-state index is 0.546. The van der Waals surface area contributed by atoms with Crippen LogP contribution in [0.25, 0.3) is 0 Å². The first-order valence-electron chi connectivity index (χ1n) is 5.42. The van der Waals surface area contributed by atoms with Gasteiger partial charge in [-0.05, 0) is 40.5 Å². The molecule has 0 N–H and O–H groups in total. The Labute approximate surface area is 87.2 Å². The lowest BCUT2D eigenvalue weighted by molar-refractivity contribution is 0.118. The Bertz CT molecular complexity index is 250. The predicted molar refractivity (Wildman–Crippen MR) is 58.8 cm³/mol. The molecule has 0 radical (unpaired) electrons. The molecule has 1 unspecified atom stereocenters. The SMILES string of the molecule is CC(C)N(C(C)C)C1CC=C(C#N)C1. The molecule has 2 nitrogen and oxygen atoms in total. The van der Waals surface area contributed by atoms with Gasteiger partial charge in [0.25, 0.3) is 0 Å². The lowest BCUT2D eigenvalue weighted by Gasteiger charge is -2.36. The van der Waals surface area contributed by atoms with Crippen molar-refractivity contribution in [3.05, 3.63) is 11.6 Å². The van der Waals surface area contributed by atoms with Gasteiger partial charge >= 0.3 is 0 Å². The second-order valence-corrected chi connectivity index (χ2v) is 4.57. The Morgan fingerprint density at radius 3 is 2.29 bits per heavy atom. The van der Waals surface area contributed by atoms with Gasteiger partial charge in [-0.25, -0.2) is 0 Å². The molecule has 0 saturated heterocycles. The standard InChI is InChI=1S/C12H20N2/c1-9(2)14(10(3)4)12-6-5-11(7-12)8-13/h5,9-10,12H,6-7H2,1-4H3. The van der Waals surface area contributed by atoms with Crippen molar-refractivity contribution in [3.8, 4) is 6.07 Å². The smallest absolute Gasteiger partial charge is 0.0944 e. The van der Waals surface area contributed by atoms with E-state index >= 15 is 0 Å². The van der Waals surface area contributed by atoms with Crippen molar-refractivity contribution in [1.82, 2.24) is 4.90 Å². The quantitative estimate of drug-likeness (QED) is 0.687. The number of hydrogen-bond acceptors (Lipinski definition) is 2. The zero-order valence-electron chi connectivity index (χ0n) is 9.62. The second kappa shape index (κ2) is 4.61. The first-order valence-corrected chi connectivity index (χ1v) is 5.42. The topological polar surface area (TPSA) is 27.0 Å². The number of nitriles is 1. The van der Waals surface area contributed by atoms with E-state index in [2.05, 4.69) is 44.7 Å². The predicted octanol–water partition coefficient (Wildman–Crippen LogP) is 2.72. The summed E-state index contributed by atoms with van der Waals surface area (Å²) < 4.78 is 0. The molecule has 0 aromatic heterocycles. The van der Waals surface area contributed by atoms with Crippen LogP contribution in [0.15, 0.2) is 11.6 Å². The zero-order valence-corrected chi connectivity index (χ0v) is 9.62. The summed E-state index contributed by atoms with van der Waals surface area (Å²) in [5.41, 5.74) is 0.960. The van der Waals surface area contributed by atoms with E-state index in [1.54, 1.807) is 0 Å². The summed E-state index contributed by atoms with van der Waals surface area (Å²) in [6.07, 6.45) is 4.06. The molecule has 1 aliphatic rings. The largest absolute Gasteiger partial charge is 0.295 e. The van der Waals surface area contributed by atoms with Gasteiger partial charge in [-0.1, -0.05) is 6.08 Å². The second-order valence-electron chi connectivity index (χ2n) is 4.57. The normalized spacial score (nSPS) is 21.9. The lowest BCUT2D eigenvalue weighted by Crippen LogP contribution is -2.44. The minimum atomic E-state index is 0.546. The average Bonchev–Trinajstić information content (AvgIpc) is 2.51. The van der Waals surface area contributed by atoms with Crippen LogP contribution >= 0.6 is 0 Å². The van der Waals surface area contributed by atoms with Crippen LogP contribution in [0.5, 0.6) is 0 Å². The van der Waals surface area contributed by atoms with Gasteiger partial charge in [-0.3, -0.25) is 4.90 Å². The zero-order chi connectivity index (χ0) is 10.7. The fraction of sp³-hybridized carbons (Fsp3) is 0.750. The summed E-state index contributed by atoms with van der Waals surface area (Å²) in [4.78, 5) is 2.50. The van der Waals surface area contributed by atoms with Gasteiger partial charge in [0.05, 0.1) is 6.07 Å². The van der Waals surface area contributed by atoms with Gasteiger partial charge in [0.2, 0.25) is 0 Å². The number of rotatable bonds is 3. The average molecular weight is 192 g/mol. The van der Waals surface area contributed by atoms with E-state index in [1.165, 1.54) is 0 Å². The third-order valence-electron chi connectivity index (χ3n) is 2.85. The molecule has 78 valence electrons. The monoisotopic (exact) mass is 192 g/mol. The lowest BCUT2D eigenvalue weighted by atomic mass is 10.1. The van der Waals surface area contributed by atoms with Crippen LogP contribution in [0.1, 0.15) is 40.5 Å². The van der Waals surface area contributed by atoms with Gasteiger partial charge in [0, 0.05) is 23.7 Å². The van der Waals surface area contributed by atoms with Crippen LogP contribution in [0.4, 0.5) is 0 Å². The van der Waals surface area contributed by atoms with Crippen molar-refractivity contribution in [3.63, 3.8) is 0 Å². The van der Waals surface area contributed by atoms with Crippen molar-refractivity contribution in [2.45, 2.75) is 58.7 Å². The Kier molecular flexibility index (Phi) is 3.71. The fourth-order valence-corrected chi connectivity index (χ4v) is 2.46. The van der Waals surface area contributed by atoms with Crippen molar-refractivity contribution in [2.75, 3.05) is 0 Å². The molecule has 1 aliphatic carbocycles. The van der Waals surface area contributed by atoms with Crippen LogP contribution in [0, 0.1) is 11.3 Å². The molecule has 2 heteroatoms. The summed E-state index contributed by atoms with van der Waals surface area (Å²) in [7, 11) is 0. The van der Waals surface area contributed by atoms with Crippen LogP contribution in [0.3, 0.4) is 0 Å². The third kappa shape index (κ3) is 2.36. The van der Waals surface area contributed by atoms with E-state index in [4.69, 9.17) is 5.26 Å². The minimum Gasteiger partial charge on any atom is -0.295 e. The molecule has 1 rings (SSSR count). The Balaban J connectivity index is 2.62. The highest BCUT2D eigenvalue weighted by molar-refractivity contribution is 5.26. The molecular formula is C12H20N2. The molecule has 0 bridgehead atoms. The molecule has 0 heterocycles. The highest BCUT2D eigenvalue weighted by Crippen LogP contribution is 2.26. The molecule has 0 spiro atoms. The number of nitrogens with zero attached hydrogens (tertiary/aromatic N) is 2. The maximum Gasteiger partial charge on any atom is 0.0944 e. The van der Waals surface area contributed by atoms with E-state index in [1.807, 2.05) is 0 Å². The van der Waals surface area contributed by atoms with Gasteiger partial charge in [-0.15, -0.1) is 0 Å². The summed E-state index contributed by atoms with van der Waals surface area (Å²) >= 11 is 0. The summed E-state index contributed by atoms with van der Waals surface area (Å²) in [6.45, 7) is 8.91. The van der Waals surface area contributed by atoms with E-state index in [0.29, 0.717) is 18.1 Å². The summed E-state index contributed by atoms with van der Waals surface area (Å²) in [6, 6.07) is 3.93. The molecule has 0 aromatic carbocycles. The molecule has 0 aromatic rings. The van der Waals surface area contributed by atoms with Crippen molar-refractivity contribution >= 4 is 0 Å². The van der Waals surface area contributed by atoms with Crippen LogP contribution in [0.2, 0.25) is 0 Å². The molecular weight excluding hydrogens is 172 g/mol. The molecule has 14 heavy (non-hydrogen) atoms. The van der Waals surface area contributed by atoms with E-state index < -0.39 is 0 Å². The number of hydrogen-bond donors (Lipinski definition) is 0. The van der Waals surface area contributed by atoms with Gasteiger partial charge in [-0.2, -0.15) is 5.26 Å². The fourth-order valence-electron chi connectivity index (χ4n) is 2.46. The summed E-state index contributed by atoms with van der Waals surface area (Å²) in [5, 5.41) is 8.81. The van der Waals surface area contributed by atoms with E-state index in [-0.39, 0.29) is 0 Å². The highest BCUT2D eigenvalue weighted by atomic mass is 15.2. The third-order valence-corrected chi connectivity index (χ3v) is 2.85. The Morgan fingerprint density at radius 2 is 1.93 bits per heavy atom. The van der Waals surface area contributed by atoms with Crippen molar-refractivity contribution in [2.24, 2.45) is 0 Å². The van der Waals surface area contributed by atoms with Crippen LogP contribution in [-0.2, 0) is 0 Å². The van der Waals surface area contributed by atoms with E-state index in [0.717, 1.165) is 18.4 Å². The van der Waals surface area contributed by atoms with E-state index in [9.17, 15) is 0 Å². The van der Waals surface area contributed by atoms with Crippen LogP contribution in [-0.4, -0.2) is 23.0 Å². The maximum atomic E-state index is 8.81. The Hall–Kier alpha value is -0.810. The van der Waals surface area contributed by atoms with Gasteiger partial charge in [0.1, 0.15) is 0 Å². The molecule has 0 amide bonds. The maximum absolute atomic E-state index is 8.81. The molecule has 0 fully saturated rings. The Morgan fingerprint density at radius 1 is 1.36 bits per heavy atom. The first kappa shape index (κ1) is 11.3. The van der Waals surface area contributed by atoms with Gasteiger partial charge < -0.3 is 0 Å². The first-order chi connectivity index (χ1) is 6.56.